The highest BCUT2D eigenvalue weighted by Gasteiger charge is 2.23. The molecule has 18 heavy (non-hydrogen) atoms. The maximum atomic E-state index is 12.1. The molecule has 1 rings (SSSR count). The van der Waals surface area contributed by atoms with Crippen LogP contribution in [-0.2, 0) is 19.6 Å². The van der Waals surface area contributed by atoms with E-state index >= 15 is 0 Å². The van der Waals surface area contributed by atoms with E-state index in [1.54, 1.807) is 0 Å². The van der Waals surface area contributed by atoms with E-state index < -0.39 is 16.0 Å². The van der Waals surface area contributed by atoms with Crippen LogP contribution in [0.15, 0.2) is 27.6 Å². The number of likely N-dealkylation sites (N-methyl/N-ethyl adjacent to an activating group) is 1. The van der Waals surface area contributed by atoms with Crippen molar-refractivity contribution in [2.75, 3.05) is 26.4 Å². The molecule has 2 N–H and O–H groups in total. The van der Waals surface area contributed by atoms with E-state index in [1.165, 1.54) is 32.4 Å². The van der Waals surface area contributed by atoms with Crippen molar-refractivity contribution in [3.8, 4) is 0 Å². The topological polar surface area (TPSA) is 89.7 Å². The standard InChI is InChI=1S/C10H13BrN2O4S/c1-13(6-10(14)17-2)18(15,16)7-3-4-8(11)9(12)5-7/h3-5H,6,12H2,1-2H3. The van der Waals surface area contributed by atoms with Gasteiger partial charge in [-0.05, 0) is 34.1 Å². The van der Waals surface area contributed by atoms with Crippen molar-refractivity contribution in [3.63, 3.8) is 0 Å². The molecule has 0 fully saturated rings. The van der Waals surface area contributed by atoms with E-state index in [1.807, 2.05) is 0 Å². The lowest BCUT2D eigenvalue weighted by Crippen LogP contribution is -2.32. The Labute approximate surface area is 114 Å². The van der Waals surface area contributed by atoms with Gasteiger partial charge < -0.3 is 10.5 Å². The van der Waals surface area contributed by atoms with Gasteiger partial charge >= 0.3 is 5.97 Å². The predicted octanol–water partition coefficient (Wildman–Crippen LogP) is 0.825. The summed E-state index contributed by atoms with van der Waals surface area (Å²) in [5, 5.41) is 0. The number of rotatable bonds is 4. The van der Waals surface area contributed by atoms with Crippen molar-refractivity contribution < 1.29 is 17.9 Å². The summed E-state index contributed by atoms with van der Waals surface area (Å²) >= 11 is 3.18. The number of esters is 1. The van der Waals surface area contributed by atoms with Gasteiger partial charge in [-0.1, -0.05) is 0 Å². The average Bonchev–Trinajstić information content (AvgIpc) is 2.32. The van der Waals surface area contributed by atoms with Gasteiger partial charge in [-0.15, -0.1) is 0 Å². The second-order valence-corrected chi connectivity index (χ2v) is 6.42. The smallest absolute Gasteiger partial charge is 0.321 e. The Kier molecular flexibility index (Phi) is 4.71. The van der Waals surface area contributed by atoms with Gasteiger partial charge in [-0.25, -0.2) is 8.42 Å². The molecule has 0 atom stereocenters. The summed E-state index contributed by atoms with van der Waals surface area (Å²) in [7, 11) is -1.26. The molecule has 0 aliphatic heterocycles. The van der Waals surface area contributed by atoms with Crippen LogP contribution in [0.25, 0.3) is 0 Å². The minimum Gasteiger partial charge on any atom is -0.468 e. The van der Waals surface area contributed by atoms with E-state index in [-0.39, 0.29) is 11.4 Å². The highest BCUT2D eigenvalue weighted by atomic mass is 79.9. The van der Waals surface area contributed by atoms with Gasteiger partial charge in [0.1, 0.15) is 6.54 Å². The van der Waals surface area contributed by atoms with Crippen LogP contribution >= 0.6 is 15.9 Å². The maximum absolute atomic E-state index is 12.1. The molecule has 0 saturated carbocycles. The number of nitrogen functional groups attached to an aromatic ring is 1. The van der Waals surface area contributed by atoms with Gasteiger partial charge in [-0.3, -0.25) is 4.79 Å². The van der Waals surface area contributed by atoms with Crippen LogP contribution in [0.1, 0.15) is 0 Å². The predicted molar refractivity (Wildman–Crippen MR) is 70.4 cm³/mol. The van der Waals surface area contributed by atoms with Crippen LogP contribution in [0.3, 0.4) is 0 Å². The summed E-state index contributed by atoms with van der Waals surface area (Å²) in [6, 6.07) is 4.27. The maximum Gasteiger partial charge on any atom is 0.321 e. The highest BCUT2D eigenvalue weighted by Crippen LogP contribution is 2.24. The first-order chi connectivity index (χ1) is 8.28. The monoisotopic (exact) mass is 336 g/mol. The number of benzene rings is 1. The van der Waals surface area contributed by atoms with Crippen molar-refractivity contribution in [1.82, 2.24) is 4.31 Å². The minimum absolute atomic E-state index is 0.0228. The van der Waals surface area contributed by atoms with Gasteiger partial charge in [0, 0.05) is 17.2 Å². The summed E-state index contributed by atoms with van der Waals surface area (Å²) in [6.07, 6.45) is 0. The molecule has 8 heteroatoms. The molecular weight excluding hydrogens is 324 g/mol. The van der Waals surface area contributed by atoms with E-state index in [2.05, 4.69) is 20.7 Å². The third kappa shape index (κ3) is 3.21. The highest BCUT2D eigenvalue weighted by molar-refractivity contribution is 9.10. The Morgan fingerprint density at radius 2 is 2.11 bits per heavy atom. The number of halogens is 1. The van der Waals surface area contributed by atoms with Gasteiger partial charge in [0.05, 0.1) is 12.0 Å². The summed E-state index contributed by atoms with van der Waals surface area (Å²) in [6.45, 7) is -0.352. The number of ether oxygens (including phenoxy) is 1. The Morgan fingerprint density at radius 3 is 2.61 bits per heavy atom. The molecule has 0 spiro atoms. The van der Waals surface area contributed by atoms with Crippen molar-refractivity contribution in [3.05, 3.63) is 22.7 Å². The molecule has 0 aromatic heterocycles. The summed E-state index contributed by atoms with van der Waals surface area (Å²) in [5.74, 6) is -0.633. The quantitative estimate of drug-likeness (QED) is 0.649. The Morgan fingerprint density at radius 1 is 1.50 bits per heavy atom. The zero-order valence-electron chi connectivity index (χ0n) is 9.88. The largest absolute Gasteiger partial charge is 0.468 e. The van der Waals surface area contributed by atoms with E-state index in [4.69, 9.17) is 5.73 Å². The second kappa shape index (κ2) is 5.68. The number of hydrogen-bond donors (Lipinski definition) is 1. The summed E-state index contributed by atoms with van der Waals surface area (Å²) in [4.78, 5) is 11.1. The van der Waals surface area contributed by atoms with Gasteiger partial charge in [0.15, 0.2) is 0 Å². The molecule has 100 valence electrons. The van der Waals surface area contributed by atoms with Crippen LogP contribution < -0.4 is 5.73 Å². The number of hydrogen-bond acceptors (Lipinski definition) is 5. The third-order valence-electron chi connectivity index (χ3n) is 2.26. The number of sulfonamides is 1. The van der Waals surface area contributed by atoms with E-state index in [9.17, 15) is 13.2 Å². The fourth-order valence-corrected chi connectivity index (χ4v) is 2.59. The molecule has 6 nitrogen and oxygen atoms in total. The zero-order chi connectivity index (χ0) is 13.9. The molecule has 0 saturated heterocycles. The molecule has 0 radical (unpaired) electrons. The van der Waals surface area contributed by atoms with Crippen molar-refractivity contribution in [2.45, 2.75) is 4.90 Å². The van der Waals surface area contributed by atoms with Crippen LogP contribution in [0, 0.1) is 0 Å². The van der Waals surface area contributed by atoms with Crippen LogP contribution in [0.2, 0.25) is 0 Å². The van der Waals surface area contributed by atoms with Crippen LogP contribution in [0.4, 0.5) is 5.69 Å². The fraction of sp³-hybridized carbons (Fsp3) is 0.300. The first-order valence-corrected chi connectivity index (χ1v) is 7.10. The number of methoxy groups -OCH3 is 1. The first-order valence-electron chi connectivity index (χ1n) is 4.87. The molecule has 0 bridgehead atoms. The van der Waals surface area contributed by atoms with Gasteiger partial charge in [0.2, 0.25) is 10.0 Å². The molecule has 0 unspecified atom stereocenters. The number of carbonyl (C=O) groups is 1. The number of carbonyl (C=O) groups excluding carboxylic acids is 1. The van der Waals surface area contributed by atoms with Crippen molar-refractivity contribution >= 4 is 37.6 Å². The normalized spacial score (nSPS) is 11.6. The Balaban J connectivity index is 3.05. The number of anilines is 1. The number of nitrogens with two attached hydrogens (primary N) is 1. The molecule has 1 aromatic carbocycles. The number of nitrogens with zero attached hydrogens (tertiary/aromatic N) is 1. The third-order valence-corrected chi connectivity index (χ3v) is 4.78. The molecule has 0 aliphatic carbocycles. The van der Waals surface area contributed by atoms with Gasteiger partial charge in [-0.2, -0.15) is 4.31 Å². The van der Waals surface area contributed by atoms with Crippen LogP contribution in [0.5, 0.6) is 0 Å². The lowest BCUT2D eigenvalue weighted by molar-refractivity contribution is -0.140. The van der Waals surface area contributed by atoms with Gasteiger partial charge in [0.25, 0.3) is 0 Å². The minimum atomic E-state index is -3.75. The van der Waals surface area contributed by atoms with E-state index in [0.29, 0.717) is 10.2 Å². The van der Waals surface area contributed by atoms with E-state index in [0.717, 1.165) is 4.31 Å². The summed E-state index contributed by atoms with van der Waals surface area (Å²) < 4.78 is 30.1. The lowest BCUT2D eigenvalue weighted by Gasteiger charge is -2.16. The molecule has 0 aliphatic rings. The average molecular weight is 337 g/mol. The zero-order valence-corrected chi connectivity index (χ0v) is 12.3. The van der Waals surface area contributed by atoms with Crippen molar-refractivity contribution in [2.24, 2.45) is 0 Å². The molecule has 0 amide bonds. The van der Waals surface area contributed by atoms with Crippen molar-refractivity contribution in [1.29, 1.82) is 0 Å². The fourth-order valence-electron chi connectivity index (χ4n) is 1.19. The Hall–Kier alpha value is -1.12. The molecular formula is C10H13BrN2O4S. The molecule has 0 heterocycles. The van der Waals surface area contributed by atoms with Crippen LogP contribution in [-0.4, -0.2) is 39.4 Å². The first kappa shape index (κ1) is 14.9. The molecule has 1 aromatic rings. The SMILES string of the molecule is COC(=O)CN(C)S(=O)(=O)c1ccc(Br)c(N)c1. The second-order valence-electron chi connectivity index (χ2n) is 3.52. The summed E-state index contributed by atoms with van der Waals surface area (Å²) in [5.41, 5.74) is 5.93. The lowest BCUT2D eigenvalue weighted by atomic mass is 10.3. The Bertz CT molecular complexity index is 559.